The third-order valence-electron chi connectivity index (χ3n) is 5.12. The van der Waals surface area contributed by atoms with Gasteiger partial charge in [0.2, 0.25) is 0 Å². The minimum absolute atomic E-state index is 0.167. The van der Waals surface area contributed by atoms with E-state index in [1.54, 1.807) is 11.3 Å². The van der Waals surface area contributed by atoms with Gasteiger partial charge in [0.25, 0.3) is 5.91 Å². The van der Waals surface area contributed by atoms with E-state index in [1.807, 2.05) is 11.0 Å². The highest BCUT2D eigenvalue weighted by Crippen LogP contribution is 2.27. The van der Waals surface area contributed by atoms with Crippen molar-refractivity contribution in [2.45, 2.75) is 19.9 Å². The average molecular weight is 368 g/mol. The third-order valence-corrected chi connectivity index (χ3v) is 5.98. The molecule has 2 aromatic heterocycles. The molecule has 0 bridgehead atoms. The number of thiophene rings is 1. The minimum Gasteiger partial charge on any atom is -0.335 e. The lowest BCUT2D eigenvalue weighted by atomic mass is 10.2. The molecular weight excluding hydrogens is 342 g/mol. The largest absolute Gasteiger partial charge is 0.335 e. The van der Waals surface area contributed by atoms with Crippen LogP contribution in [0.5, 0.6) is 0 Å². The molecule has 1 aromatic carbocycles. The summed E-state index contributed by atoms with van der Waals surface area (Å²) in [5.74, 6) is 0.167. The van der Waals surface area contributed by atoms with Gasteiger partial charge in [-0.25, -0.2) is 0 Å². The smallest absolute Gasteiger partial charge is 0.270 e. The molecule has 136 valence electrons. The van der Waals surface area contributed by atoms with Crippen molar-refractivity contribution < 1.29 is 4.79 Å². The van der Waals surface area contributed by atoms with Crippen LogP contribution in [-0.4, -0.2) is 53.0 Å². The first-order valence-electron chi connectivity index (χ1n) is 9.38. The number of aromatic nitrogens is 1. The lowest BCUT2D eigenvalue weighted by Crippen LogP contribution is -2.49. The molecule has 26 heavy (non-hydrogen) atoms. The van der Waals surface area contributed by atoms with Gasteiger partial charge in [-0.3, -0.25) is 9.69 Å². The monoisotopic (exact) mass is 367 g/mol. The van der Waals surface area contributed by atoms with Crippen LogP contribution in [0.4, 0.5) is 0 Å². The SMILES string of the molecule is CCCN1CCN(C(=O)c2cc3sccc3n2Cc2ccccc2)CC1. The van der Waals surface area contributed by atoms with Gasteiger partial charge in [0.15, 0.2) is 0 Å². The number of carbonyl (C=O) groups excluding carboxylic acids is 1. The summed E-state index contributed by atoms with van der Waals surface area (Å²) in [6, 6.07) is 14.6. The van der Waals surface area contributed by atoms with E-state index in [0.29, 0.717) is 0 Å². The molecule has 0 saturated carbocycles. The van der Waals surface area contributed by atoms with Crippen LogP contribution in [0.15, 0.2) is 47.8 Å². The molecule has 3 aromatic rings. The summed E-state index contributed by atoms with van der Waals surface area (Å²) in [7, 11) is 0. The number of piperazine rings is 1. The topological polar surface area (TPSA) is 28.5 Å². The summed E-state index contributed by atoms with van der Waals surface area (Å²) in [5, 5.41) is 2.10. The van der Waals surface area contributed by atoms with Crippen molar-refractivity contribution in [3.63, 3.8) is 0 Å². The van der Waals surface area contributed by atoms with Crippen LogP contribution in [0.2, 0.25) is 0 Å². The zero-order chi connectivity index (χ0) is 17.9. The molecule has 0 radical (unpaired) electrons. The maximum absolute atomic E-state index is 13.2. The van der Waals surface area contributed by atoms with Gasteiger partial charge in [-0.05, 0) is 36.0 Å². The molecule has 4 nitrogen and oxygen atoms in total. The summed E-state index contributed by atoms with van der Waals surface area (Å²) >= 11 is 1.70. The van der Waals surface area contributed by atoms with E-state index in [2.05, 4.69) is 58.2 Å². The number of nitrogens with zero attached hydrogens (tertiary/aromatic N) is 3. The van der Waals surface area contributed by atoms with Crippen molar-refractivity contribution in [2.75, 3.05) is 32.7 Å². The van der Waals surface area contributed by atoms with Crippen molar-refractivity contribution in [1.82, 2.24) is 14.4 Å². The van der Waals surface area contributed by atoms with Crippen LogP contribution in [0.3, 0.4) is 0 Å². The molecule has 1 aliphatic heterocycles. The first-order valence-corrected chi connectivity index (χ1v) is 10.3. The Labute approximate surface area is 158 Å². The van der Waals surface area contributed by atoms with Crippen LogP contribution in [0, 0.1) is 0 Å². The third kappa shape index (κ3) is 3.41. The summed E-state index contributed by atoms with van der Waals surface area (Å²) in [6.07, 6.45) is 1.17. The second-order valence-electron chi connectivity index (χ2n) is 6.91. The van der Waals surface area contributed by atoms with E-state index < -0.39 is 0 Å². The molecule has 0 atom stereocenters. The summed E-state index contributed by atoms with van der Waals surface area (Å²) in [4.78, 5) is 17.7. The first-order chi connectivity index (χ1) is 12.8. The van der Waals surface area contributed by atoms with Gasteiger partial charge in [0.05, 0.1) is 10.2 Å². The standard InChI is InChI=1S/C21H25N3OS/c1-2-9-22-10-12-23(13-11-22)21(25)19-15-20-18(8-14-26-20)24(19)16-17-6-4-3-5-7-17/h3-8,14-15H,2,9-13,16H2,1H3. The van der Waals surface area contributed by atoms with Crippen LogP contribution in [-0.2, 0) is 6.54 Å². The van der Waals surface area contributed by atoms with Crippen LogP contribution >= 0.6 is 11.3 Å². The molecule has 1 amide bonds. The molecule has 3 heterocycles. The Bertz CT molecular complexity index is 875. The fourth-order valence-electron chi connectivity index (χ4n) is 3.74. The molecule has 0 spiro atoms. The van der Waals surface area contributed by atoms with Gasteiger partial charge < -0.3 is 9.47 Å². The second-order valence-corrected chi connectivity index (χ2v) is 7.85. The minimum atomic E-state index is 0.167. The Morgan fingerprint density at radius 2 is 1.85 bits per heavy atom. The van der Waals surface area contributed by atoms with Crippen molar-refractivity contribution in [2.24, 2.45) is 0 Å². The van der Waals surface area contributed by atoms with E-state index in [4.69, 9.17) is 0 Å². The zero-order valence-corrected chi connectivity index (χ0v) is 16.0. The Morgan fingerprint density at radius 3 is 2.58 bits per heavy atom. The quantitative estimate of drug-likeness (QED) is 0.684. The Hall–Kier alpha value is -2.11. The van der Waals surface area contributed by atoms with Gasteiger partial charge in [-0.2, -0.15) is 0 Å². The summed E-state index contributed by atoms with van der Waals surface area (Å²) in [6.45, 7) is 7.67. The molecule has 1 fully saturated rings. The molecule has 0 N–H and O–H groups in total. The number of rotatable bonds is 5. The maximum Gasteiger partial charge on any atom is 0.270 e. The normalized spacial score (nSPS) is 15.7. The number of benzene rings is 1. The summed E-state index contributed by atoms with van der Waals surface area (Å²) in [5.41, 5.74) is 3.20. The van der Waals surface area contributed by atoms with Crippen LogP contribution in [0.25, 0.3) is 10.2 Å². The van der Waals surface area contributed by atoms with Crippen molar-refractivity contribution in [3.8, 4) is 0 Å². The van der Waals surface area contributed by atoms with Crippen molar-refractivity contribution in [1.29, 1.82) is 0 Å². The lowest BCUT2D eigenvalue weighted by Gasteiger charge is -2.34. The Balaban J connectivity index is 1.59. The van der Waals surface area contributed by atoms with Crippen molar-refractivity contribution in [3.05, 3.63) is 59.1 Å². The molecular formula is C21H25N3OS. The van der Waals surface area contributed by atoms with E-state index in [-0.39, 0.29) is 5.91 Å². The first kappa shape index (κ1) is 17.3. The van der Waals surface area contributed by atoms with Crippen LogP contribution < -0.4 is 0 Å². The number of amides is 1. The highest BCUT2D eigenvalue weighted by Gasteiger charge is 2.25. The fourth-order valence-corrected chi connectivity index (χ4v) is 4.57. The zero-order valence-electron chi connectivity index (χ0n) is 15.2. The molecule has 0 aliphatic carbocycles. The highest BCUT2D eigenvalue weighted by atomic mass is 32.1. The molecule has 1 saturated heterocycles. The second kappa shape index (κ2) is 7.64. The number of hydrogen-bond donors (Lipinski definition) is 0. The average Bonchev–Trinajstić information content (AvgIpc) is 3.26. The van der Waals surface area contributed by atoms with Crippen molar-refractivity contribution >= 4 is 27.5 Å². The molecule has 1 aliphatic rings. The fraction of sp³-hybridized carbons (Fsp3) is 0.381. The van der Waals surface area contributed by atoms with E-state index in [0.717, 1.165) is 50.5 Å². The van der Waals surface area contributed by atoms with Gasteiger partial charge >= 0.3 is 0 Å². The molecule has 4 rings (SSSR count). The predicted octanol–water partition coefficient (Wildman–Crippen LogP) is 3.92. The number of carbonyl (C=O) groups is 1. The van der Waals surface area contributed by atoms with Gasteiger partial charge in [0.1, 0.15) is 5.69 Å². The van der Waals surface area contributed by atoms with Gasteiger partial charge in [-0.1, -0.05) is 37.3 Å². The predicted molar refractivity (Wildman–Crippen MR) is 108 cm³/mol. The number of fused-ring (bicyclic) bond motifs is 1. The highest BCUT2D eigenvalue weighted by molar-refractivity contribution is 7.17. The Morgan fingerprint density at radius 1 is 1.08 bits per heavy atom. The van der Waals surface area contributed by atoms with Crippen LogP contribution in [0.1, 0.15) is 29.4 Å². The maximum atomic E-state index is 13.2. The number of hydrogen-bond acceptors (Lipinski definition) is 3. The lowest BCUT2D eigenvalue weighted by molar-refractivity contribution is 0.0628. The summed E-state index contributed by atoms with van der Waals surface area (Å²) < 4.78 is 3.37. The van der Waals surface area contributed by atoms with E-state index >= 15 is 0 Å². The Kier molecular flexibility index (Phi) is 5.09. The van der Waals surface area contributed by atoms with Gasteiger partial charge in [-0.15, -0.1) is 11.3 Å². The molecule has 0 unspecified atom stereocenters. The van der Waals surface area contributed by atoms with E-state index in [1.165, 1.54) is 16.7 Å². The van der Waals surface area contributed by atoms with Gasteiger partial charge in [0, 0.05) is 32.7 Å². The van der Waals surface area contributed by atoms with E-state index in [9.17, 15) is 4.79 Å². The molecule has 5 heteroatoms.